The molecule has 1 heterocycles. The molecule has 0 bridgehead atoms. The Kier molecular flexibility index (Phi) is 6.53. The number of hydrogen-bond acceptors (Lipinski definition) is 4. The summed E-state index contributed by atoms with van der Waals surface area (Å²) in [4.78, 5) is 17.0. The predicted molar refractivity (Wildman–Crippen MR) is 112 cm³/mol. The highest BCUT2D eigenvalue weighted by Gasteiger charge is 2.30. The number of benzene rings is 1. The van der Waals surface area contributed by atoms with Crippen molar-refractivity contribution in [1.82, 2.24) is 10.3 Å². The molecule has 162 valence electrons. The Morgan fingerprint density at radius 3 is 2.53 bits per heavy atom. The van der Waals surface area contributed by atoms with E-state index in [-0.39, 0.29) is 17.5 Å². The average molecular weight is 420 g/mol. The fourth-order valence-electron chi connectivity index (χ4n) is 3.74. The Hall–Kier alpha value is -2.77. The van der Waals surface area contributed by atoms with Crippen LogP contribution in [0, 0.1) is 5.92 Å². The maximum absolute atomic E-state index is 12.8. The van der Waals surface area contributed by atoms with Crippen LogP contribution in [0.4, 0.5) is 30.4 Å². The van der Waals surface area contributed by atoms with Crippen molar-refractivity contribution in [3.8, 4) is 0 Å². The normalized spacial score (nSPS) is 14.9. The summed E-state index contributed by atoms with van der Waals surface area (Å²) in [5.74, 6) is 0.856. The fourth-order valence-corrected chi connectivity index (χ4v) is 3.74. The molecule has 4 N–H and O–H groups in total. The Morgan fingerprint density at radius 2 is 1.93 bits per heavy atom. The van der Waals surface area contributed by atoms with Gasteiger partial charge >= 0.3 is 6.18 Å². The minimum absolute atomic E-state index is 0.0314. The number of nitrogen functional groups attached to an aromatic ring is 1. The molecule has 0 unspecified atom stereocenters. The molecule has 1 fully saturated rings. The van der Waals surface area contributed by atoms with Crippen LogP contribution in [-0.4, -0.2) is 17.4 Å². The fraction of sp³-hybridized carbons (Fsp3) is 0.455. The zero-order valence-corrected chi connectivity index (χ0v) is 17.1. The Labute approximate surface area is 174 Å². The van der Waals surface area contributed by atoms with Crippen molar-refractivity contribution in [3.63, 3.8) is 0 Å². The first-order valence-corrected chi connectivity index (χ1v) is 10.2. The topological polar surface area (TPSA) is 80.0 Å². The Balaban J connectivity index is 1.77. The first kappa shape index (κ1) is 21.9. The van der Waals surface area contributed by atoms with Crippen LogP contribution in [0.5, 0.6) is 0 Å². The van der Waals surface area contributed by atoms with Gasteiger partial charge in [-0.2, -0.15) is 13.2 Å². The number of carbonyl (C=O) groups excluding carboxylic acids is 1. The molecule has 30 heavy (non-hydrogen) atoms. The molecule has 1 aliphatic rings. The molecular weight excluding hydrogens is 393 g/mol. The van der Waals surface area contributed by atoms with E-state index < -0.39 is 11.7 Å². The number of anilines is 3. The van der Waals surface area contributed by atoms with Crippen molar-refractivity contribution in [2.75, 3.05) is 17.6 Å². The summed E-state index contributed by atoms with van der Waals surface area (Å²) >= 11 is 0. The number of alkyl halides is 3. The second-order valence-electron chi connectivity index (χ2n) is 8.10. The molecule has 1 aromatic heterocycles. The van der Waals surface area contributed by atoms with Crippen LogP contribution in [0.2, 0.25) is 0 Å². The molecule has 1 amide bonds. The van der Waals surface area contributed by atoms with Crippen molar-refractivity contribution in [2.45, 2.75) is 51.6 Å². The highest BCUT2D eigenvalue weighted by Crippen LogP contribution is 2.34. The molecule has 2 aromatic rings. The lowest BCUT2D eigenvalue weighted by Gasteiger charge is -2.17. The van der Waals surface area contributed by atoms with Gasteiger partial charge in [0.05, 0.1) is 22.5 Å². The molecule has 0 aliphatic heterocycles. The number of rotatable bonds is 6. The van der Waals surface area contributed by atoms with Gasteiger partial charge in [0.1, 0.15) is 5.82 Å². The van der Waals surface area contributed by atoms with Crippen LogP contribution in [-0.2, 0) is 6.18 Å². The van der Waals surface area contributed by atoms with Gasteiger partial charge in [-0.1, -0.05) is 26.7 Å². The highest BCUT2D eigenvalue weighted by atomic mass is 19.4. The van der Waals surface area contributed by atoms with E-state index in [1.807, 2.05) is 13.8 Å². The number of nitrogens with two attached hydrogens (primary N) is 1. The molecular formula is C22H27F3N4O. The number of pyridine rings is 1. The third-order valence-corrected chi connectivity index (χ3v) is 5.47. The van der Waals surface area contributed by atoms with E-state index in [1.54, 1.807) is 6.07 Å². The summed E-state index contributed by atoms with van der Waals surface area (Å²) < 4.78 is 38.5. The van der Waals surface area contributed by atoms with Gasteiger partial charge in [-0.15, -0.1) is 0 Å². The van der Waals surface area contributed by atoms with Gasteiger partial charge in [-0.05, 0) is 54.5 Å². The van der Waals surface area contributed by atoms with Crippen molar-refractivity contribution in [3.05, 3.63) is 47.2 Å². The van der Waals surface area contributed by atoms with Crippen LogP contribution in [0.25, 0.3) is 0 Å². The summed E-state index contributed by atoms with van der Waals surface area (Å²) in [6.07, 6.45) is 1.77. The predicted octanol–water partition coefficient (Wildman–Crippen LogP) is 5.47. The number of nitrogens with one attached hydrogen (secondary N) is 2. The van der Waals surface area contributed by atoms with Gasteiger partial charge in [0, 0.05) is 12.7 Å². The van der Waals surface area contributed by atoms with E-state index in [0.717, 1.165) is 30.5 Å². The van der Waals surface area contributed by atoms with Gasteiger partial charge in [-0.3, -0.25) is 4.79 Å². The Morgan fingerprint density at radius 1 is 1.23 bits per heavy atom. The Bertz CT molecular complexity index is 906. The standard InChI is InChI=1S/C22H27F3N4O/c1-13(2)16-10-20(29-19-8-7-15(9-18(19)26)22(23,24)25)27-12-17(16)21(30)28-11-14-5-3-4-6-14/h7-10,12-14H,3-6,11,26H2,1-2H3,(H,27,29)(H,28,30). The van der Waals surface area contributed by atoms with E-state index in [2.05, 4.69) is 15.6 Å². The highest BCUT2D eigenvalue weighted by molar-refractivity contribution is 5.96. The quantitative estimate of drug-likeness (QED) is 0.542. The third kappa shape index (κ3) is 5.23. The van der Waals surface area contributed by atoms with Gasteiger partial charge in [0.2, 0.25) is 0 Å². The molecule has 0 atom stereocenters. The monoisotopic (exact) mass is 420 g/mol. The van der Waals surface area contributed by atoms with Crippen molar-refractivity contribution in [2.24, 2.45) is 5.92 Å². The minimum atomic E-state index is -4.46. The molecule has 3 rings (SSSR count). The van der Waals surface area contributed by atoms with E-state index in [0.29, 0.717) is 29.5 Å². The van der Waals surface area contributed by atoms with Gasteiger partial charge in [0.25, 0.3) is 5.91 Å². The van der Waals surface area contributed by atoms with Crippen molar-refractivity contribution >= 4 is 23.1 Å². The van der Waals surface area contributed by atoms with Gasteiger partial charge in [-0.25, -0.2) is 4.98 Å². The maximum atomic E-state index is 12.8. The van der Waals surface area contributed by atoms with E-state index >= 15 is 0 Å². The summed E-state index contributed by atoms with van der Waals surface area (Å²) in [5, 5.41) is 5.96. The third-order valence-electron chi connectivity index (χ3n) is 5.47. The van der Waals surface area contributed by atoms with Crippen LogP contribution >= 0.6 is 0 Å². The molecule has 0 saturated heterocycles. The molecule has 1 aromatic carbocycles. The van der Waals surface area contributed by atoms with Crippen LogP contribution < -0.4 is 16.4 Å². The first-order chi connectivity index (χ1) is 14.1. The smallest absolute Gasteiger partial charge is 0.397 e. The lowest BCUT2D eigenvalue weighted by Crippen LogP contribution is -2.29. The summed E-state index contributed by atoms with van der Waals surface area (Å²) in [7, 11) is 0. The SMILES string of the molecule is CC(C)c1cc(Nc2ccc(C(F)(F)F)cc2N)ncc1C(=O)NCC1CCCC1. The first-order valence-electron chi connectivity index (χ1n) is 10.2. The molecule has 1 aliphatic carbocycles. The minimum Gasteiger partial charge on any atom is -0.397 e. The largest absolute Gasteiger partial charge is 0.416 e. The second kappa shape index (κ2) is 8.93. The summed E-state index contributed by atoms with van der Waals surface area (Å²) in [5.41, 5.74) is 6.58. The van der Waals surface area contributed by atoms with Gasteiger partial charge in [0.15, 0.2) is 0 Å². The molecule has 1 saturated carbocycles. The molecule has 0 spiro atoms. The lowest BCUT2D eigenvalue weighted by atomic mass is 9.98. The average Bonchev–Trinajstić information content (AvgIpc) is 3.20. The number of halogens is 3. The lowest BCUT2D eigenvalue weighted by molar-refractivity contribution is -0.137. The van der Waals surface area contributed by atoms with Crippen LogP contribution in [0.15, 0.2) is 30.5 Å². The molecule has 5 nitrogen and oxygen atoms in total. The molecule has 0 radical (unpaired) electrons. The van der Waals surface area contributed by atoms with Crippen molar-refractivity contribution < 1.29 is 18.0 Å². The maximum Gasteiger partial charge on any atom is 0.416 e. The second-order valence-corrected chi connectivity index (χ2v) is 8.10. The van der Waals surface area contributed by atoms with Crippen LogP contribution in [0.1, 0.15) is 66.9 Å². The van der Waals surface area contributed by atoms with E-state index in [1.165, 1.54) is 25.1 Å². The number of amides is 1. The summed E-state index contributed by atoms with van der Waals surface area (Å²) in [6.45, 7) is 4.61. The van der Waals surface area contributed by atoms with E-state index in [9.17, 15) is 18.0 Å². The van der Waals surface area contributed by atoms with E-state index in [4.69, 9.17) is 5.73 Å². The summed E-state index contributed by atoms with van der Waals surface area (Å²) in [6, 6.07) is 4.87. The number of nitrogens with zero attached hydrogens (tertiary/aromatic N) is 1. The zero-order valence-electron chi connectivity index (χ0n) is 17.1. The van der Waals surface area contributed by atoms with Crippen molar-refractivity contribution in [1.29, 1.82) is 0 Å². The van der Waals surface area contributed by atoms with Crippen LogP contribution in [0.3, 0.4) is 0 Å². The zero-order chi connectivity index (χ0) is 21.9. The number of carbonyl (C=O) groups is 1. The van der Waals surface area contributed by atoms with Gasteiger partial charge < -0.3 is 16.4 Å². The number of aromatic nitrogens is 1. The molecule has 8 heteroatoms. The number of hydrogen-bond donors (Lipinski definition) is 3.